The van der Waals surface area contributed by atoms with Crippen LogP contribution in [0.15, 0.2) is 71.7 Å². The van der Waals surface area contributed by atoms with Gasteiger partial charge >= 0.3 is 6.36 Å². The normalized spacial score (nSPS) is 17.8. The Labute approximate surface area is 232 Å². The first-order chi connectivity index (χ1) is 19.6. The van der Waals surface area contributed by atoms with Crippen LogP contribution in [0.25, 0.3) is 0 Å². The number of hydrogen-bond acceptors (Lipinski definition) is 7. The van der Waals surface area contributed by atoms with Gasteiger partial charge in [-0.2, -0.15) is 0 Å². The predicted molar refractivity (Wildman–Crippen MR) is 141 cm³/mol. The van der Waals surface area contributed by atoms with Crippen molar-refractivity contribution in [2.45, 2.75) is 24.4 Å². The standard InChI is InChI=1S/C28H28F3N3O7/c1-39-16-19(15-35)33-13-3-4-23(26(33)37)34-14-22(17-5-9-20(40-2)10-6-17)24(27(34)38)32-25(36)18-7-11-21(12-8-18)41-28(29,30)31/h3-13,19,22,24,35H,14-16H2,1-2H3,(H,32,36)/t19?,22-,24-/m0/s1. The molecule has 1 aliphatic rings. The molecule has 2 aromatic carbocycles. The van der Waals surface area contributed by atoms with E-state index in [1.165, 1.54) is 35.9 Å². The summed E-state index contributed by atoms with van der Waals surface area (Å²) in [7, 11) is 2.94. The zero-order valence-electron chi connectivity index (χ0n) is 22.1. The van der Waals surface area contributed by atoms with E-state index in [0.29, 0.717) is 11.3 Å². The molecule has 3 aromatic rings. The minimum atomic E-state index is -4.88. The number of amides is 2. The molecule has 0 radical (unpaired) electrons. The van der Waals surface area contributed by atoms with E-state index in [4.69, 9.17) is 9.47 Å². The third kappa shape index (κ3) is 6.69. The van der Waals surface area contributed by atoms with Crippen molar-refractivity contribution < 1.29 is 42.1 Å². The van der Waals surface area contributed by atoms with Gasteiger partial charge in [0, 0.05) is 31.3 Å². The van der Waals surface area contributed by atoms with E-state index >= 15 is 0 Å². The number of nitrogens with one attached hydrogen (secondary N) is 1. The number of aromatic nitrogens is 1. The van der Waals surface area contributed by atoms with E-state index in [1.807, 2.05) is 0 Å². The quantitative estimate of drug-likeness (QED) is 0.382. The molecule has 0 saturated carbocycles. The highest BCUT2D eigenvalue weighted by Crippen LogP contribution is 2.32. The second-order valence-electron chi connectivity index (χ2n) is 9.25. The summed E-state index contributed by atoms with van der Waals surface area (Å²) in [5, 5.41) is 12.4. The number of nitrogens with zero attached hydrogens (tertiary/aromatic N) is 2. The Morgan fingerprint density at radius 2 is 1.71 bits per heavy atom. The van der Waals surface area contributed by atoms with Crippen molar-refractivity contribution in [3.63, 3.8) is 0 Å². The lowest BCUT2D eigenvalue weighted by Crippen LogP contribution is -2.44. The summed E-state index contributed by atoms with van der Waals surface area (Å²) in [5.41, 5.74) is 0.213. The molecule has 2 heterocycles. The molecule has 0 spiro atoms. The lowest BCUT2D eigenvalue weighted by atomic mass is 9.93. The van der Waals surface area contributed by atoms with Crippen LogP contribution in [-0.4, -0.2) is 67.9 Å². The van der Waals surface area contributed by atoms with Gasteiger partial charge in [0.05, 0.1) is 26.4 Å². The van der Waals surface area contributed by atoms with Gasteiger partial charge in [-0.1, -0.05) is 12.1 Å². The number of benzene rings is 2. The number of pyridine rings is 1. The van der Waals surface area contributed by atoms with Crippen LogP contribution in [0.1, 0.15) is 27.9 Å². The lowest BCUT2D eigenvalue weighted by molar-refractivity contribution is -0.274. The Balaban J connectivity index is 1.66. The first-order valence-electron chi connectivity index (χ1n) is 12.5. The number of rotatable bonds is 10. The van der Waals surface area contributed by atoms with Crippen LogP contribution in [0.3, 0.4) is 0 Å². The fourth-order valence-electron chi connectivity index (χ4n) is 4.70. The van der Waals surface area contributed by atoms with E-state index in [1.54, 1.807) is 30.3 Å². The molecule has 218 valence electrons. The largest absolute Gasteiger partial charge is 0.573 e. The average Bonchev–Trinajstić information content (AvgIpc) is 3.27. The number of halogens is 3. The van der Waals surface area contributed by atoms with Crippen LogP contribution >= 0.6 is 0 Å². The third-order valence-electron chi connectivity index (χ3n) is 6.70. The van der Waals surface area contributed by atoms with Crippen molar-refractivity contribution in [2.24, 2.45) is 0 Å². The van der Waals surface area contributed by atoms with Crippen molar-refractivity contribution in [1.29, 1.82) is 0 Å². The number of hydrogen-bond donors (Lipinski definition) is 2. The maximum atomic E-state index is 13.7. The van der Waals surface area contributed by atoms with Gasteiger partial charge in [0.1, 0.15) is 23.2 Å². The second-order valence-corrected chi connectivity index (χ2v) is 9.25. The summed E-state index contributed by atoms with van der Waals surface area (Å²) in [6.07, 6.45) is -3.40. The van der Waals surface area contributed by atoms with E-state index in [-0.39, 0.29) is 31.0 Å². The number of anilines is 1. The Hall–Kier alpha value is -4.36. The Morgan fingerprint density at radius 3 is 2.29 bits per heavy atom. The van der Waals surface area contributed by atoms with Gasteiger partial charge in [-0.15, -0.1) is 13.2 Å². The lowest BCUT2D eigenvalue weighted by Gasteiger charge is -2.21. The van der Waals surface area contributed by atoms with Crippen molar-refractivity contribution in [2.75, 3.05) is 38.9 Å². The molecule has 13 heteroatoms. The molecule has 2 amide bonds. The van der Waals surface area contributed by atoms with Gasteiger partial charge in [0.25, 0.3) is 11.5 Å². The summed E-state index contributed by atoms with van der Waals surface area (Å²) >= 11 is 0. The molecular formula is C28H28F3N3O7. The molecule has 10 nitrogen and oxygen atoms in total. The summed E-state index contributed by atoms with van der Waals surface area (Å²) in [6, 6.07) is 12.4. The topological polar surface area (TPSA) is 119 Å². The molecule has 1 aliphatic heterocycles. The summed E-state index contributed by atoms with van der Waals surface area (Å²) < 4.78 is 53.0. The molecule has 2 N–H and O–H groups in total. The smallest absolute Gasteiger partial charge is 0.497 e. The highest BCUT2D eigenvalue weighted by atomic mass is 19.4. The van der Waals surface area contributed by atoms with E-state index in [2.05, 4.69) is 10.1 Å². The monoisotopic (exact) mass is 575 g/mol. The van der Waals surface area contributed by atoms with Gasteiger partial charge in [0.15, 0.2) is 0 Å². The van der Waals surface area contributed by atoms with Crippen LogP contribution in [0.2, 0.25) is 0 Å². The van der Waals surface area contributed by atoms with Gasteiger partial charge in [-0.25, -0.2) is 0 Å². The molecular weight excluding hydrogens is 547 g/mol. The van der Waals surface area contributed by atoms with Crippen LogP contribution in [0.5, 0.6) is 11.5 Å². The first-order valence-corrected chi connectivity index (χ1v) is 12.5. The summed E-state index contributed by atoms with van der Waals surface area (Å²) in [6.45, 7) is -0.263. The van der Waals surface area contributed by atoms with Crippen LogP contribution < -0.4 is 25.2 Å². The fraction of sp³-hybridized carbons (Fsp3) is 0.321. The fourth-order valence-corrected chi connectivity index (χ4v) is 4.70. The molecule has 1 saturated heterocycles. The molecule has 0 bridgehead atoms. The number of carbonyl (C=O) groups is 2. The van der Waals surface area contributed by atoms with Gasteiger partial charge in [0.2, 0.25) is 5.91 Å². The van der Waals surface area contributed by atoms with E-state index in [0.717, 1.165) is 24.3 Å². The minimum Gasteiger partial charge on any atom is -0.497 e. The minimum absolute atomic E-state index is 0.00618. The van der Waals surface area contributed by atoms with Crippen molar-refractivity contribution in [1.82, 2.24) is 9.88 Å². The predicted octanol–water partition coefficient (Wildman–Crippen LogP) is 2.86. The molecule has 41 heavy (non-hydrogen) atoms. The number of methoxy groups -OCH3 is 2. The van der Waals surface area contributed by atoms with Crippen LogP contribution in [0.4, 0.5) is 18.9 Å². The van der Waals surface area contributed by atoms with Gasteiger partial charge < -0.3 is 34.1 Å². The first kappa shape index (κ1) is 29.6. The van der Waals surface area contributed by atoms with E-state index < -0.39 is 47.5 Å². The van der Waals surface area contributed by atoms with Crippen LogP contribution in [0, 0.1) is 0 Å². The zero-order valence-corrected chi connectivity index (χ0v) is 22.1. The van der Waals surface area contributed by atoms with Crippen LogP contribution in [-0.2, 0) is 9.53 Å². The number of ether oxygens (including phenoxy) is 3. The Morgan fingerprint density at radius 1 is 1.05 bits per heavy atom. The van der Waals surface area contributed by atoms with E-state index in [9.17, 15) is 32.7 Å². The highest BCUT2D eigenvalue weighted by Gasteiger charge is 2.44. The van der Waals surface area contributed by atoms with Crippen molar-refractivity contribution in [3.05, 3.63) is 88.3 Å². The highest BCUT2D eigenvalue weighted by molar-refractivity contribution is 6.05. The zero-order chi connectivity index (χ0) is 29.7. The third-order valence-corrected chi connectivity index (χ3v) is 6.70. The summed E-state index contributed by atoms with van der Waals surface area (Å²) in [5.74, 6) is -1.77. The number of alkyl halides is 3. The van der Waals surface area contributed by atoms with Crippen molar-refractivity contribution in [3.8, 4) is 11.5 Å². The molecule has 1 fully saturated rings. The maximum Gasteiger partial charge on any atom is 0.573 e. The Bertz CT molecular complexity index is 1430. The summed E-state index contributed by atoms with van der Waals surface area (Å²) in [4.78, 5) is 41.5. The maximum absolute atomic E-state index is 13.7. The number of aliphatic hydroxyl groups is 1. The second kappa shape index (κ2) is 12.4. The van der Waals surface area contributed by atoms with Crippen molar-refractivity contribution >= 4 is 17.5 Å². The number of aliphatic hydroxyl groups excluding tert-OH is 1. The SMILES string of the molecule is COCC(CO)n1cccc(N2C[C@@H](c3ccc(OC)cc3)[C@H](NC(=O)c3ccc(OC(F)(F)F)cc3)C2=O)c1=O. The average molecular weight is 576 g/mol. The molecule has 1 unspecified atom stereocenters. The molecule has 0 aliphatic carbocycles. The molecule has 1 aromatic heterocycles. The molecule has 3 atom stereocenters. The molecule has 4 rings (SSSR count). The van der Waals surface area contributed by atoms with Gasteiger partial charge in [-0.3, -0.25) is 14.4 Å². The Kier molecular flexibility index (Phi) is 8.98. The van der Waals surface area contributed by atoms with Gasteiger partial charge in [-0.05, 0) is 54.1 Å². The number of carbonyl (C=O) groups excluding carboxylic acids is 2.